The van der Waals surface area contributed by atoms with Gasteiger partial charge in [0.05, 0.1) is 12.7 Å². The van der Waals surface area contributed by atoms with Crippen LogP contribution >= 0.6 is 0 Å². The van der Waals surface area contributed by atoms with Crippen LogP contribution in [0.3, 0.4) is 0 Å². The van der Waals surface area contributed by atoms with E-state index in [4.69, 9.17) is 19.2 Å². The molecule has 1 heterocycles. The molecule has 0 atom stereocenters. The summed E-state index contributed by atoms with van der Waals surface area (Å²) < 4.78 is 16.8. The molecule has 0 bridgehead atoms. The van der Waals surface area contributed by atoms with Gasteiger partial charge in [-0.15, -0.1) is 0 Å². The Labute approximate surface area is 176 Å². The second kappa shape index (κ2) is 15.2. The standard InChI is InChI=1S/C23H39N3O3/c1-3-24-23(26-15-12-22(13-16-26)29-19-9-17-27-2)25-14-7-8-18-28-20-21-10-5-4-6-11-21/h4-6,10-11,22H,3,7-9,12-20H2,1-2H3,(H,24,25). The van der Waals surface area contributed by atoms with Crippen molar-refractivity contribution in [2.45, 2.75) is 51.7 Å². The van der Waals surface area contributed by atoms with Crippen LogP contribution in [0.2, 0.25) is 0 Å². The number of methoxy groups -OCH3 is 1. The van der Waals surface area contributed by atoms with Crippen LogP contribution in [0.15, 0.2) is 35.3 Å². The van der Waals surface area contributed by atoms with E-state index in [9.17, 15) is 0 Å². The summed E-state index contributed by atoms with van der Waals surface area (Å²) in [6.07, 6.45) is 5.54. The predicted octanol–water partition coefficient (Wildman–Crippen LogP) is 3.47. The first-order chi connectivity index (χ1) is 14.3. The number of benzene rings is 1. The van der Waals surface area contributed by atoms with Crippen LogP contribution in [0.4, 0.5) is 0 Å². The van der Waals surface area contributed by atoms with Crippen molar-refractivity contribution in [2.75, 3.05) is 53.1 Å². The van der Waals surface area contributed by atoms with Gasteiger partial charge >= 0.3 is 0 Å². The Balaban J connectivity index is 1.60. The Bertz CT molecular complexity index is 546. The van der Waals surface area contributed by atoms with Gasteiger partial charge in [0.2, 0.25) is 0 Å². The molecule has 29 heavy (non-hydrogen) atoms. The minimum absolute atomic E-state index is 0.368. The van der Waals surface area contributed by atoms with Gasteiger partial charge in [0.25, 0.3) is 0 Å². The maximum absolute atomic E-state index is 5.96. The van der Waals surface area contributed by atoms with E-state index < -0.39 is 0 Å². The molecule has 2 rings (SSSR count). The Morgan fingerprint density at radius 2 is 1.86 bits per heavy atom. The molecular formula is C23H39N3O3. The maximum Gasteiger partial charge on any atom is 0.193 e. The van der Waals surface area contributed by atoms with Crippen molar-refractivity contribution in [3.63, 3.8) is 0 Å². The van der Waals surface area contributed by atoms with E-state index in [1.807, 2.05) is 18.2 Å². The number of nitrogens with zero attached hydrogens (tertiary/aromatic N) is 2. The largest absolute Gasteiger partial charge is 0.385 e. The Morgan fingerprint density at radius 3 is 2.59 bits per heavy atom. The molecule has 0 spiro atoms. The van der Waals surface area contributed by atoms with E-state index in [1.54, 1.807) is 7.11 Å². The molecule has 0 aromatic heterocycles. The number of unbranched alkanes of at least 4 members (excludes halogenated alkanes) is 1. The summed E-state index contributed by atoms with van der Waals surface area (Å²) in [5, 5.41) is 3.44. The van der Waals surface area contributed by atoms with Gasteiger partial charge in [0.15, 0.2) is 5.96 Å². The number of likely N-dealkylation sites (tertiary alicyclic amines) is 1. The summed E-state index contributed by atoms with van der Waals surface area (Å²) in [6, 6.07) is 10.3. The van der Waals surface area contributed by atoms with Gasteiger partial charge in [0.1, 0.15) is 0 Å². The Kier molecular flexibility index (Phi) is 12.4. The normalized spacial score (nSPS) is 15.7. The second-order valence-corrected chi connectivity index (χ2v) is 7.38. The molecular weight excluding hydrogens is 366 g/mol. The molecule has 0 radical (unpaired) electrons. The summed E-state index contributed by atoms with van der Waals surface area (Å²) in [6.45, 7) is 8.89. The highest BCUT2D eigenvalue weighted by atomic mass is 16.5. The molecule has 0 aliphatic carbocycles. The summed E-state index contributed by atoms with van der Waals surface area (Å²) in [7, 11) is 1.73. The quantitative estimate of drug-likeness (QED) is 0.309. The molecule has 6 nitrogen and oxygen atoms in total. The zero-order valence-electron chi connectivity index (χ0n) is 18.3. The monoisotopic (exact) mass is 405 g/mol. The Morgan fingerprint density at radius 1 is 1.07 bits per heavy atom. The number of hydrogen-bond donors (Lipinski definition) is 1. The molecule has 1 aromatic carbocycles. The van der Waals surface area contributed by atoms with E-state index in [2.05, 4.69) is 29.3 Å². The smallest absolute Gasteiger partial charge is 0.193 e. The van der Waals surface area contributed by atoms with Gasteiger partial charge in [-0.05, 0) is 44.6 Å². The summed E-state index contributed by atoms with van der Waals surface area (Å²) in [4.78, 5) is 7.19. The third kappa shape index (κ3) is 10.1. The third-order valence-corrected chi connectivity index (χ3v) is 4.99. The zero-order valence-corrected chi connectivity index (χ0v) is 18.3. The van der Waals surface area contributed by atoms with Crippen LogP contribution in [-0.2, 0) is 20.8 Å². The molecule has 0 saturated carbocycles. The zero-order chi connectivity index (χ0) is 20.6. The number of piperidine rings is 1. The maximum atomic E-state index is 5.96. The van der Waals surface area contributed by atoms with Gasteiger partial charge in [-0.1, -0.05) is 30.3 Å². The molecule has 1 fully saturated rings. The van der Waals surface area contributed by atoms with Gasteiger partial charge < -0.3 is 24.4 Å². The minimum atomic E-state index is 0.368. The number of nitrogens with one attached hydrogen (secondary N) is 1. The van der Waals surface area contributed by atoms with Crippen LogP contribution in [0.25, 0.3) is 0 Å². The lowest BCUT2D eigenvalue weighted by molar-refractivity contribution is 0.00990. The first-order valence-corrected chi connectivity index (χ1v) is 11.1. The Hall–Kier alpha value is -1.63. The topological polar surface area (TPSA) is 55.3 Å². The lowest BCUT2D eigenvalue weighted by Gasteiger charge is -2.34. The number of rotatable bonds is 13. The lowest BCUT2D eigenvalue weighted by atomic mass is 10.1. The van der Waals surface area contributed by atoms with Crippen molar-refractivity contribution >= 4 is 5.96 Å². The van der Waals surface area contributed by atoms with Gasteiger partial charge in [0, 0.05) is 53.1 Å². The molecule has 1 aliphatic heterocycles. The molecule has 1 aromatic rings. The van der Waals surface area contributed by atoms with E-state index >= 15 is 0 Å². The fourth-order valence-corrected chi connectivity index (χ4v) is 3.38. The fourth-order valence-electron chi connectivity index (χ4n) is 3.38. The van der Waals surface area contributed by atoms with E-state index in [0.29, 0.717) is 12.7 Å². The first kappa shape index (κ1) is 23.6. The number of hydrogen-bond acceptors (Lipinski definition) is 4. The summed E-state index contributed by atoms with van der Waals surface area (Å²) in [5.74, 6) is 1.04. The van der Waals surface area contributed by atoms with Crippen molar-refractivity contribution in [3.8, 4) is 0 Å². The van der Waals surface area contributed by atoms with Crippen molar-refractivity contribution in [2.24, 2.45) is 4.99 Å². The van der Waals surface area contributed by atoms with Crippen LogP contribution in [0.1, 0.15) is 44.6 Å². The first-order valence-electron chi connectivity index (χ1n) is 11.1. The van der Waals surface area contributed by atoms with Crippen LogP contribution in [0.5, 0.6) is 0 Å². The summed E-state index contributed by atoms with van der Waals surface area (Å²) in [5.41, 5.74) is 1.23. The van der Waals surface area contributed by atoms with Gasteiger partial charge in [-0.25, -0.2) is 0 Å². The average molecular weight is 406 g/mol. The third-order valence-electron chi connectivity index (χ3n) is 4.99. The average Bonchev–Trinajstić information content (AvgIpc) is 2.76. The molecule has 1 aliphatic rings. The number of ether oxygens (including phenoxy) is 3. The van der Waals surface area contributed by atoms with Crippen LogP contribution in [0, 0.1) is 0 Å². The number of aliphatic imine (C=N–C) groups is 1. The van der Waals surface area contributed by atoms with Crippen molar-refractivity contribution in [1.29, 1.82) is 0 Å². The number of guanidine groups is 1. The van der Waals surface area contributed by atoms with Crippen molar-refractivity contribution in [1.82, 2.24) is 10.2 Å². The van der Waals surface area contributed by atoms with Crippen molar-refractivity contribution < 1.29 is 14.2 Å². The van der Waals surface area contributed by atoms with Gasteiger partial charge in [-0.3, -0.25) is 4.99 Å². The van der Waals surface area contributed by atoms with E-state index in [-0.39, 0.29) is 0 Å². The van der Waals surface area contributed by atoms with E-state index in [0.717, 1.165) is 84.1 Å². The van der Waals surface area contributed by atoms with Gasteiger partial charge in [-0.2, -0.15) is 0 Å². The molecule has 1 saturated heterocycles. The van der Waals surface area contributed by atoms with Crippen LogP contribution in [-0.4, -0.2) is 70.1 Å². The predicted molar refractivity (Wildman–Crippen MR) is 118 cm³/mol. The highest BCUT2D eigenvalue weighted by molar-refractivity contribution is 5.80. The molecule has 0 amide bonds. The second-order valence-electron chi connectivity index (χ2n) is 7.38. The molecule has 164 valence electrons. The molecule has 6 heteroatoms. The fraction of sp³-hybridized carbons (Fsp3) is 0.696. The highest BCUT2D eigenvalue weighted by Gasteiger charge is 2.21. The highest BCUT2D eigenvalue weighted by Crippen LogP contribution is 2.14. The van der Waals surface area contributed by atoms with Crippen molar-refractivity contribution in [3.05, 3.63) is 35.9 Å². The molecule has 1 N–H and O–H groups in total. The molecule has 0 unspecified atom stereocenters. The van der Waals surface area contributed by atoms with Crippen LogP contribution < -0.4 is 5.32 Å². The SMILES string of the molecule is CCNC(=NCCCCOCc1ccccc1)N1CCC(OCCCOC)CC1. The minimum Gasteiger partial charge on any atom is -0.385 e. The van der Waals surface area contributed by atoms with E-state index in [1.165, 1.54) is 5.56 Å². The summed E-state index contributed by atoms with van der Waals surface area (Å²) >= 11 is 0. The lowest BCUT2D eigenvalue weighted by Crippen LogP contribution is -2.47.